The SMILES string of the molecule is CC1CCC(OCc2csc(C(=O)O)n2)CC1C. The Morgan fingerprint density at radius 1 is 1.50 bits per heavy atom. The molecule has 0 saturated heterocycles. The number of carbonyl (C=O) groups is 1. The molecule has 1 aromatic heterocycles. The zero-order valence-electron chi connectivity index (χ0n) is 10.8. The van der Waals surface area contributed by atoms with E-state index in [2.05, 4.69) is 18.8 Å². The van der Waals surface area contributed by atoms with E-state index in [1.165, 1.54) is 6.42 Å². The minimum absolute atomic E-state index is 0.138. The van der Waals surface area contributed by atoms with E-state index in [-0.39, 0.29) is 5.01 Å². The van der Waals surface area contributed by atoms with Crippen molar-refractivity contribution in [3.63, 3.8) is 0 Å². The van der Waals surface area contributed by atoms with Crippen molar-refractivity contribution in [2.24, 2.45) is 11.8 Å². The quantitative estimate of drug-likeness (QED) is 0.912. The summed E-state index contributed by atoms with van der Waals surface area (Å²) in [6.45, 7) is 4.99. The van der Waals surface area contributed by atoms with E-state index in [1.807, 2.05) is 0 Å². The van der Waals surface area contributed by atoms with Crippen molar-refractivity contribution in [3.8, 4) is 0 Å². The van der Waals surface area contributed by atoms with E-state index in [1.54, 1.807) is 5.38 Å². The fraction of sp³-hybridized carbons (Fsp3) is 0.692. The summed E-state index contributed by atoms with van der Waals surface area (Å²) in [6.07, 6.45) is 3.70. The van der Waals surface area contributed by atoms with Gasteiger partial charge in [-0.3, -0.25) is 0 Å². The summed E-state index contributed by atoms with van der Waals surface area (Å²) in [5, 5.41) is 10.7. The fourth-order valence-electron chi connectivity index (χ4n) is 2.32. The number of aromatic nitrogens is 1. The summed E-state index contributed by atoms with van der Waals surface area (Å²) in [5.74, 6) is 0.517. The van der Waals surface area contributed by atoms with Crippen LogP contribution in [0.4, 0.5) is 0 Å². The predicted octanol–water partition coefficient (Wildman–Crippen LogP) is 3.18. The summed E-state index contributed by atoms with van der Waals surface area (Å²) in [5.41, 5.74) is 0.726. The first-order chi connectivity index (χ1) is 8.56. The molecule has 5 heteroatoms. The zero-order valence-corrected chi connectivity index (χ0v) is 11.6. The molecular formula is C13H19NO3S. The second-order valence-corrected chi connectivity index (χ2v) is 6.01. The van der Waals surface area contributed by atoms with Gasteiger partial charge in [-0.25, -0.2) is 9.78 Å². The molecule has 3 atom stereocenters. The van der Waals surface area contributed by atoms with Gasteiger partial charge in [0, 0.05) is 5.38 Å². The third-order valence-electron chi connectivity index (χ3n) is 3.75. The van der Waals surface area contributed by atoms with Crippen molar-refractivity contribution < 1.29 is 14.6 Å². The molecule has 2 rings (SSSR count). The van der Waals surface area contributed by atoms with Gasteiger partial charge in [0.25, 0.3) is 0 Å². The van der Waals surface area contributed by atoms with Gasteiger partial charge in [0.2, 0.25) is 5.01 Å². The highest BCUT2D eigenvalue weighted by molar-refractivity contribution is 7.11. The predicted molar refractivity (Wildman–Crippen MR) is 69.8 cm³/mol. The summed E-state index contributed by atoms with van der Waals surface area (Å²) >= 11 is 1.15. The molecular weight excluding hydrogens is 250 g/mol. The maximum Gasteiger partial charge on any atom is 0.365 e. The third-order valence-corrected chi connectivity index (χ3v) is 4.63. The lowest BCUT2D eigenvalue weighted by Gasteiger charge is -2.31. The first-order valence-electron chi connectivity index (χ1n) is 6.35. The maximum atomic E-state index is 10.7. The lowest BCUT2D eigenvalue weighted by atomic mass is 9.80. The van der Waals surface area contributed by atoms with Crippen LogP contribution in [0.25, 0.3) is 0 Å². The van der Waals surface area contributed by atoms with Gasteiger partial charge in [0.05, 0.1) is 18.4 Å². The molecule has 0 radical (unpaired) electrons. The molecule has 1 saturated carbocycles. The fourth-order valence-corrected chi connectivity index (χ4v) is 2.96. The van der Waals surface area contributed by atoms with Crippen LogP contribution in [0.2, 0.25) is 0 Å². The molecule has 1 aliphatic rings. The molecule has 100 valence electrons. The second kappa shape index (κ2) is 5.80. The highest BCUT2D eigenvalue weighted by Gasteiger charge is 2.25. The highest BCUT2D eigenvalue weighted by Crippen LogP contribution is 2.31. The zero-order chi connectivity index (χ0) is 13.1. The van der Waals surface area contributed by atoms with Crippen molar-refractivity contribution in [2.45, 2.75) is 45.8 Å². The summed E-state index contributed by atoms with van der Waals surface area (Å²) in [7, 11) is 0. The van der Waals surface area contributed by atoms with E-state index >= 15 is 0 Å². The van der Waals surface area contributed by atoms with Gasteiger partial charge in [-0.1, -0.05) is 13.8 Å². The van der Waals surface area contributed by atoms with Crippen molar-refractivity contribution >= 4 is 17.3 Å². The monoisotopic (exact) mass is 269 g/mol. The Bertz CT molecular complexity index is 418. The summed E-state index contributed by atoms with van der Waals surface area (Å²) in [6, 6.07) is 0. The molecule has 0 amide bonds. The van der Waals surface area contributed by atoms with Crippen molar-refractivity contribution in [3.05, 3.63) is 16.1 Å². The Hall–Kier alpha value is -0.940. The molecule has 0 spiro atoms. The van der Waals surface area contributed by atoms with Crippen molar-refractivity contribution in [2.75, 3.05) is 0 Å². The van der Waals surface area contributed by atoms with Gasteiger partial charge >= 0.3 is 5.97 Å². The van der Waals surface area contributed by atoms with Gasteiger partial charge in [0.1, 0.15) is 0 Å². The van der Waals surface area contributed by atoms with Crippen LogP contribution in [-0.2, 0) is 11.3 Å². The largest absolute Gasteiger partial charge is 0.476 e. The normalized spacial score (nSPS) is 28.2. The average Bonchev–Trinajstić information content (AvgIpc) is 2.79. The number of carboxylic acids is 1. The van der Waals surface area contributed by atoms with Gasteiger partial charge in [-0.2, -0.15) is 0 Å². The Kier molecular flexibility index (Phi) is 4.35. The molecule has 3 unspecified atom stereocenters. The van der Waals surface area contributed by atoms with Crippen LogP contribution in [0.1, 0.15) is 48.6 Å². The minimum Gasteiger partial charge on any atom is -0.476 e. The summed E-state index contributed by atoms with van der Waals surface area (Å²) < 4.78 is 5.83. The molecule has 18 heavy (non-hydrogen) atoms. The first kappa shape index (κ1) is 13.5. The number of rotatable bonds is 4. The van der Waals surface area contributed by atoms with Crippen LogP contribution < -0.4 is 0 Å². The molecule has 1 heterocycles. The number of ether oxygens (including phenoxy) is 1. The van der Waals surface area contributed by atoms with E-state index in [0.717, 1.165) is 35.8 Å². The van der Waals surface area contributed by atoms with Crippen LogP contribution in [-0.4, -0.2) is 22.2 Å². The van der Waals surface area contributed by atoms with Crippen LogP contribution >= 0.6 is 11.3 Å². The molecule has 0 bridgehead atoms. The number of thiazole rings is 1. The standard InChI is InChI=1S/C13H19NO3S/c1-8-3-4-11(5-9(8)2)17-6-10-7-18-12(14-10)13(15)16/h7-9,11H,3-6H2,1-2H3,(H,15,16). The van der Waals surface area contributed by atoms with E-state index in [9.17, 15) is 4.79 Å². The minimum atomic E-state index is -0.966. The van der Waals surface area contributed by atoms with Crippen molar-refractivity contribution in [1.82, 2.24) is 4.98 Å². The number of nitrogens with zero attached hydrogens (tertiary/aromatic N) is 1. The second-order valence-electron chi connectivity index (χ2n) is 5.15. The molecule has 1 aromatic rings. The smallest absolute Gasteiger partial charge is 0.365 e. The average molecular weight is 269 g/mol. The summed E-state index contributed by atoms with van der Waals surface area (Å²) in [4.78, 5) is 14.7. The number of hydrogen-bond donors (Lipinski definition) is 1. The molecule has 0 aliphatic heterocycles. The number of hydrogen-bond acceptors (Lipinski definition) is 4. The molecule has 1 N–H and O–H groups in total. The van der Waals surface area contributed by atoms with Crippen LogP contribution in [0.3, 0.4) is 0 Å². The van der Waals surface area contributed by atoms with Crippen LogP contribution in [0, 0.1) is 11.8 Å². The lowest BCUT2D eigenvalue weighted by molar-refractivity contribution is -0.00861. The Balaban J connectivity index is 1.82. The molecule has 1 fully saturated rings. The lowest BCUT2D eigenvalue weighted by Crippen LogP contribution is -2.26. The van der Waals surface area contributed by atoms with Gasteiger partial charge < -0.3 is 9.84 Å². The van der Waals surface area contributed by atoms with Crippen molar-refractivity contribution in [1.29, 1.82) is 0 Å². The van der Waals surface area contributed by atoms with E-state index in [0.29, 0.717) is 18.6 Å². The molecule has 0 aromatic carbocycles. The molecule has 1 aliphatic carbocycles. The van der Waals surface area contributed by atoms with Gasteiger partial charge in [-0.05, 0) is 31.1 Å². The van der Waals surface area contributed by atoms with Gasteiger partial charge in [-0.15, -0.1) is 11.3 Å². The molecule has 4 nitrogen and oxygen atoms in total. The maximum absolute atomic E-state index is 10.7. The van der Waals surface area contributed by atoms with E-state index < -0.39 is 5.97 Å². The van der Waals surface area contributed by atoms with Crippen LogP contribution in [0.5, 0.6) is 0 Å². The Labute approximate surface area is 111 Å². The third kappa shape index (κ3) is 3.29. The first-order valence-corrected chi connectivity index (χ1v) is 7.23. The highest BCUT2D eigenvalue weighted by atomic mass is 32.1. The van der Waals surface area contributed by atoms with Gasteiger partial charge in [0.15, 0.2) is 0 Å². The van der Waals surface area contributed by atoms with Crippen LogP contribution in [0.15, 0.2) is 5.38 Å². The number of aromatic carboxylic acids is 1. The Morgan fingerprint density at radius 2 is 2.28 bits per heavy atom. The van der Waals surface area contributed by atoms with E-state index in [4.69, 9.17) is 9.84 Å². The number of carboxylic acid groups (broad SMARTS) is 1. The topological polar surface area (TPSA) is 59.4 Å². The Morgan fingerprint density at radius 3 is 2.89 bits per heavy atom.